The smallest absolute Gasteiger partial charge is 0.337 e. The number of amides is 1. The number of benzene rings is 2. The summed E-state index contributed by atoms with van der Waals surface area (Å²) in [6.07, 6.45) is 2.69. The lowest BCUT2D eigenvalue weighted by Crippen LogP contribution is -2.40. The molecule has 0 fully saturated rings. The van der Waals surface area contributed by atoms with E-state index in [0.717, 1.165) is 16.6 Å². The molecule has 0 radical (unpaired) electrons. The molecule has 0 aliphatic heterocycles. The summed E-state index contributed by atoms with van der Waals surface area (Å²) in [4.78, 5) is 44.0. The molecule has 2 aromatic heterocycles. The van der Waals surface area contributed by atoms with Gasteiger partial charge in [-0.25, -0.2) is 14.3 Å². The number of aryl methyl sites for hydroxylation is 1. The molecule has 0 bridgehead atoms. The van der Waals surface area contributed by atoms with Crippen molar-refractivity contribution < 1.29 is 9.53 Å². The standard InChI is InChI=1S/C24H24N4O4S2/c1-4-15-6-10-17(11-7-15)28-22(30)20-21(26-23(33-3)34-20)27(24(28)31)14-19(29)25-16-8-12-18(13-9-16)32-5-2/h6-13H,4-5,14H2,1-3H3,(H,25,29). The Kier molecular flexibility index (Phi) is 7.18. The lowest BCUT2D eigenvalue weighted by molar-refractivity contribution is -0.116. The maximum Gasteiger partial charge on any atom is 0.337 e. The number of hydrogen-bond acceptors (Lipinski definition) is 7. The van der Waals surface area contributed by atoms with Crippen LogP contribution < -0.4 is 21.3 Å². The maximum atomic E-state index is 13.4. The summed E-state index contributed by atoms with van der Waals surface area (Å²) in [7, 11) is 0. The Morgan fingerprint density at radius 2 is 1.79 bits per heavy atom. The summed E-state index contributed by atoms with van der Waals surface area (Å²) >= 11 is 2.60. The first kappa shape index (κ1) is 23.8. The Bertz CT molecular complexity index is 1440. The molecule has 0 saturated heterocycles. The first-order chi connectivity index (χ1) is 16.4. The minimum Gasteiger partial charge on any atom is -0.494 e. The largest absolute Gasteiger partial charge is 0.494 e. The molecule has 2 aromatic carbocycles. The number of fused-ring (bicyclic) bond motifs is 1. The molecule has 0 unspecified atom stereocenters. The number of hydrogen-bond donors (Lipinski definition) is 1. The zero-order chi connectivity index (χ0) is 24.2. The number of nitrogens with one attached hydrogen (secondary N) is 1. The van der Waals surface area contributed by atoms with Gasteiger partial charge in [0.1, 0.15) is 17.0 Å². The predicted molar refractivity (Wildman–Crippen MR) is 137 cm³/mol. The Hall–Kier alpha value is -3.37. The summed E-state index contributed by atoms with van der Waals surface area (Å²) in [5.74, 6) is 0.296. The van der Waals surface area contributed by atoms with Crippen LogP contribution in [0.5, 0.6) is 5.75 Å². The molecule has 34 heavy (non-hydrogen) atoms. The van der Waals surface area contributed by atoms with Crippen LogP contribution in [0.3, 0.4) is 0 Å². The van der Waals surface area contributed by atoms with Crippen LogP contribution in [0.25, 0.3) is 16.0 Å². The van der Waals surface area contributed by atoms with E-state index in [1.165, 1.54) is 27.7 Å². The first-order valence-electron chi connectivity index (χ1n) is 10.8. The average molecular weight is 497 g/mol. The van der Waals surface area contributed by atoms with Gasteiger partial charge in [0.15, 0.2) is 9.99 Å². The highest BCUT2D eigenvalue weighted by atomic mass is 32.2. The third kappa shape index (κ3) is 4.78. The van der Waals surface area contributed by atoms with Gasteiger partial charge in [-0.2, -0.15) is 0 Å². The van der Waals surface area contributed by atoms with Crippen LogP contribution in [0.4, 0.5) is 5.69 Å². The molecule has 4 rings (SSSR count). The van der Waals surface area contributed by atoms with E-state index < -0.39 is 17.2 Å². The summed E-state index contributed by atoms with van der Waals surface area (Å²) in [5.41, 5.74) is 1.29. The van der Waals surface area contributed by atoms with Gasteiger partial charge in [-0.1, -0.05) is 30.8 Å². The van der Waals surface area contributed by atoms with Gasteiger partial charge in [-0.15, -0.1) is 11.3 Å². The molecule has 0 spiro atoms. The van der Waals surface area contributed by atoms with E-state index in [0.29, 0.717) is 32.8 Å². The van der Waals surface area contributed by atoms with Crippen molar-refractivity contribution >= 4 is 45.0 Å². The molecule has 2 heterocycles. The van der Waals surface area contributed by atoms with Gasteiger partial charge >= 0.3 is 5.69 Å². The fourth-order valence-electron chi connectivity index (χ4n) is 3.50. The van der Waals surface area contributed by atoms with E-state index in [1.54, 1.807) is 36.4 Å². The molecule has 176 valence electrons. The van der Waals surface area contributed by atoms with Gasteiger partial charge in [0.2, 0.25) is 5.91 Å². The second-order valence-electron chi connectivity index (χ2n) is 7.37. The van der Waals surface area contributed by atoms with E-state index in [-0.39, 0.29) is 12.2 Å². The topological polar surface area (TPSA) is 95.2 Å². The zero-order valence-corrected chi connectivity index (χ0v) is 20.7. The Balaban J connectivity index is 1.74. The third-order valence-electron chi connectivity index (χ3n) is 5.19. The fourth-order valence-corrected chi connectivity index (χ4v) is 4.99. The van der Waals surface area contributed by atoms with Gasteiger partial charge in [0.05, 0.1) is 12.3 Å². The van der Waals surface area contributed by atoms with E-state index in [1.807, 2.05) is 32.2 Å². The van der Waals surface area contributed by atoms with Crippen LogP contribution >= 0.6 is 23.1 Å². The number of rotatable bonds is 8. The van der Waals surface area contributed by atoms with E-state index >= 15 is 0 Å². The van der Waals surface area contributed by atoms with Crippen molar-refractivity contribution in [1.82, 2.24) is 14.1 Å². The summed E-state index contributed by atoms with van der Waals surface area (Å²) < 4.78 is 8.76. The number of aromatic nitrogens is 3. The maximum absolute atomic E-state index is 13.4. The minimum absolute atomic E-state index is 0.215. The summed E-state index contributed by atoms with van der Waals surface area (Å²) in [6.45, 7) is 4.19. The molecule has 0 aliphatic rings. The lowest BCUT2D eigenvalue weighted by atomic mass is 10.1. The minimum atomic E-state index is -0.610. The number of nitrogens with zero attached hydrogens (tertiary/aromatic N) is 3. The highest BCUT2D eigenvalue weighted by molar-refractivity contribution is 8.00. The van der Waals surface area contributed by atoms with Gasteiger partial charge in [0.25, 0.3) is 5.56 Å². The summed E-state index contributed by atoms with van der Waals surface area (Å²) in [6, 6.07) is 14.2. The number of thioether (sulfide) groups is 1. The summed E-state index contributed by atoms with van der Waals surface area (Å²) in [5, 5.41) is 2.79. The Morgan fingerprint density at radius 1 is 1.09 bits per heavy atom. The van der Waals surface area contributed by atoms with Crippen LogP contribution in [0.1, 0.15) is 19.4 Å². The van der Waals surface area contributed by atoms with Crippen LogP contribution in [-0.2, 0) is 17.8 Å². The molecule has 0 atom stereocenters. The number of thiazole rings is 1. The van der Waals surface area contributed by atoms with Crippen molar-refractivity contribution in [2.24, 2.45) is 0 Å². The van der Waals surface area contributed by atoms with Gasteiger partial charge in [-0.3, -0.25) is 14.2 Å². The third-order valence-corrected chi connectivity index (χ3v) is 7.21. The molecule has 8 nitrogen and oxygen atoms in total. The van der Waals surface area contributed by atoms with Gasteiger partial charge in [-0.05, 0) is 61.6 Å². The fraction of sp³-hybridized carbons (Fsp3) is 0.250. The Morgan fingerprint density at radius 3 is 2.41 bits per heavy atom. The molecular weight excluding hydrogens is 472 g/mol. The van der Waals surface area contributed by atoms with Crippen LogP contribution in [0, 0.1) is 0 Å². The molecule has 0 saturated carbocycles. The molecule has 0 aliphatic carbocycles. The second-order valence-corrected chi connectivity index (χ2v) is 9.42. The highest BCUT2D eigenvalue weighted by Crippen LogP contribution is 2.25. The Labute approximate surface area is 204 Å². The molecular formula is C24H24N4O4S2. The van der Waals surface area contributed by atoms with Crippen molar-refractivity contribution in [1.29, 1.82) is 0 Å². The number of carbonyl (C=O) groups excluding carboxylic acids is 1. The normalized spacial score (nSPS) is 11.0. The number of anilines is 1. The van der Waals surface area contributed by atoms with E-state index in [2.05, 4.69) is 10.3 Å². The highest BCUT2D eigenvalue weighted by Gasteiger charge is 2.20. The van der Waals surface area contributed by atoms with Crippen LogP contribution in [0.2, 0.25) is 0 Å². The van der Waals surface area contributed by atoms with E-state index in [9.17, 15) is 14.4 Å². The van der Waals surface area contributed by atoms with Crippen molar-refractivity contribution in [3.63, 3.8) is 0 Å². The van der Waals surface area contributed by atoms with Crippen molar-refractivity contribution in [3.05, 3.63) is 74.9 Å². The van der Waals surface area contributed by atoms with Crippen molar-refractivity contribution in [2.45, 2.75) is 31.2 Å². The molecule has 4 aromatic rings. The van der Waals surface area contributed by atoms with Crippen LogP contribution in [-0.4, -0.2) is 32.9 Å². The quantitative estimate of drug-likeness (QED) is 0.372. The van der Waals surface area contributed by atoms with Gasteiger partial charge < -0.3 is 10.1 Å². The van der Waals surface area contributed by atoms with Crippen molar-refractivity contribution in [2.75, 3.05) is 18.2 Å². The molecule has 1 N–H and O–H groups in total. The monoisotopic (exact) mass is 496 g/mol. The lowest BCUT2D eigenvalue weighted by Gasteiger charge is -2.12. The molecule has 10 heteroatoms. The molecule has 1 amide bonds. The number of ether oxygens (including phenoxy) is 1. The van der Waals surface area contributed by atoms with Gasteiger partial charge in [0, 0.05) is 5.69 Å². The average Bonchev–Trinajstić information content (AvgIpc) is 3.29. The second kappa shape index (κ2) is 10.3. The first-order valence-corrected chi connectivity index (χ1v) is 12.8. The zero-order valence-electron chi connectivity index (χ0n) is 19.0. The number of carbonyl (C=O) groups is 1. The SMILES string of the molecule is CCOc1ccc(NC(=O)Cn2c(=O)n(-c3ccc(CC)cc3)c(=O)c3sc(SC)nc32)cc1. The van der Waals surface area contributed by atoms with Crippen molar-refractivity contribution in [3.8, 4) is 11.4 Å². The van der Waals surface area contributed by atoms with E-state index in [4.69, 9.17) is 4.74 Å². The predicted octanol–water partition coefficient (Wildman–Crippen LogP) is 3.93. The van der Waals surface area contributed by atoms with Crippen LogP contribution in [0.15, 0.2) is 62.5 Å².